The molecule has 0 spiro atoms. The highest BCUT2D eigenvalue weighted by atomic mass is 16.2. The zero-order valence-electron chi connectivity index (χ0n) is 17.3. The van der Waals surface area contributed by atoms with Gasteiger partial charge < -0.3 is 10.3 Å². The fourth-order valence-electron chi connectivity index (χ4n) is 4.64. The molecule has 0 unspecified atom stereocenters. The number of para-hydroxylation sites is 1. The Hall–Kier alpha value is -3.60. The molecule has 5 rings (SSSR count). The number of rotatable bonds is 4. The van der Waals surface area contributed by atoms with Gasteiger partial charge in [-0.05, 0) is 36.6 Å². The first-order chi connectivity index (χ1) is 15.2. The number of carbonyl (C=O) groups excluding carboxylic acids is 1. The van der Waals surface area contributed by atoms with Crippen LogP contribution >= 0.6 is 0 Å². The Balaban J connectivity index is 1.76. The lowest BCUT2D eigenvalue weighted by atomic mass is 9.95. The summed E-state index contributed by atoms with van der Waals surface area (Å²) in [6.07, 6.45) is 7.23. The number of nitrogens with zero attached hydrogens (tertiary/aromatic N) is 1. The van der Waals surface area contributed by atoms with Crippen LogP contribution in [-0.4, -0.2) is 21.5 Å². The smallest absolute Gasteiger partial charge is 0.270 e. The molecule has 5 heteroatoms. The molecule has 1 aliphatic carbocycles. The van der Waals surface area contributed by atoms with Crippen molar-refractivity contribution in [2.24, 2.45) is 0 Å². The molecule has 2 aromatic carbocycles. The molecule has 0 aliphatic heterocycles. The molecule has 156 valence electrons. The Morgan fingerprint density at radius 3 is 2.29 bits per heavy atom. The topological polar surface area (TPSA) is 66.9 Å². The van der Waals surface area contributed by atoms with E-state index in [1.54, 1.807) is 10.8 Å². The van der Waals surface area contributed by atoms with Crippen LogP contribution in [0.15, 0.2) is 77.7 Å². The second kappa shape index (κ2) is 8.26. The van der Waals surface area contributed by atoms with Gasteiger partial charge in [-0.1, -0.05) is 67.8 Å². The number of hydrogen-bond acceptors (Lipinski definition) is 2. The quantitative estimate of drug-likeness (QED) is 0.494. The van der Waals surface area contributed by atoms with Crippen molar-refractivity contribution < 1.29 is 4.79 Å². The van der Waals surface area contributed by atoms with Gasteiger partial charge >= 0.3 is 0 Å². The molecule has 0 atom stereocenters. The summed E-state index contributed by atoms with van der Waals surface area (Å²) in [5.41, 5.74) is 2.95. The largest absolute Gasteiger partial charge is 0.359 e. The van der Waals surface area contributed by atoms with Gasteiger partial charge in [0.1, 0.15) is 5.69 Å². The molecule has 1 fully saturated rings. The van der Waals surface area contributed by atoms with Gasteiger partial charge in [0.05, 0.1) is 11.1 Å². The highest BCUT2D eigenvalue weighted by molar-refractivity contribution is 6.08. The first-order valence-corrected chi connectivity index (χ1v) is 10.9. The summed E-state index contributed by atoms with van der Waals surface area (Å²) in [6.45, 7) is 0. The molecule has 2 aromatic heterocycles. The third kappa shape index (κ3) is 3.56. The van der Waals surface area contributed by atoms with Crippen molar-refractivity contribution in [3.63, 3.8) is 0 Å². The lowest BCUT2D eigenvalue weighted by molar-refractivity contribution is 0.0921. The van der Waals surface area contributed by atoms with Gasteiger partial charge in [-0.3, -0.25) is 14.2 Å². The second-order valence-electron chi connectivity index (χ2n) is 8.14. The minimum absolute atomic E-state index is 0.152. The SMILES string of the molecule is O=C(NC1CCCCC1)c1c2[nH]ccc2c(-c2ccccc2)c(=O)n1-c1ccccc1. The van der Waals surface area contributed by atoms with E-state index in [-0.39, 0.29) is 17.5 Å². The minimum Gasteiger partial charge on any atom is -0.359 e. The van der Waals surface area contributed by atoms with Crippen molar-refractivity contribution in [1.29, 1.82) is 0 Å². The summed E-state index contributed by atoms with van der Waals surface area (Å²) < 4.78 is 1.55. The molecule has 5 nitrogen and oxygen atoms in total. The molecule has 1 saturated carbocycles. The van der Waals surface area contributed by atoms with E-state index in [0.717, 1.165) is 36.6 Å². The highest BCUT2D eigenvalue weighted by Crippen LogP contribution is 2.29. The van der Waals surface area contributed by atoms with Gasteiger partial charge in [0.25, 0.3) is 11.5 Å². The summed E-state index contributed by atoms with van der Waals surface area (Å²) in [6, 6.07) is 21.1. The zero-order valence-corrected chi connectivity index (χ0v) is 17.3. The van der Waals surface area contributed by atoms with Crippen molar-refractivity contribution in [3.8, 4) is 16.8 Å². The van der Waals surface area contributed by atoms with E-state index in [4.69, 9.17) is 0 Å². The van der Waals surface area contributed by atoms with E-state index in [9.17, 15) is 9.59 Å². The number of aromatic nitrogens is 2. The standard InChI is InChI=1S/C26H25N3O2/c30-25(28-19-12-6-2-7-13-19)24-23-21(16-17-27-23)22(18-10-4-1-5-11-18)26(31)29(24)20-14-8-3-9-15-20/h1,3-5,8-11,14-17,19,27H,2,6-7,12-13H2,(H,28,30). The zero-order chi connectivity index (χ0) is 21.2. The highest BCUT2D eigenvalue weighted by Gasteiger charge is 2.26. The van der Waals surface area contributed by atoms with Gasteiger partial charge in [-0.2, -0.15) is 0 Å². The first-order valence-electron chi connectivity index (χ1n) is 10.9. The number of H-pyrrole nitrogens is 1. The van der Waals surface area contributed by atoms with Crippen molar-refractivity contribution in [2.75, 3.05) is 0 Å². The van der Waals surface area contributed by atoms with E-state index < -0.39 is 0 Å². The molecular weight excluding hydrogens is 386 g/mol. The van der Waals surface area contributed by atoms with Crippen molar-refractivity contribution in [3.05, 3.63) is 89.0 Å². The summed E-state index contributed by atoms with van der Waals surface area (Å²) in [7, 11) is 0. The summed E-state index contributed by atoms with van der Waals surface area (Å²) >= 11 is 0. The first kappa shape index (κ1) is 19.4. The lowest BCUT2D eigenvalue weighted by Gasteiger charge is -2.24. The predicted octanol–water partition coefficient (Wildman–Crippen LogP) is 5.05. The normalized spacial score (nSPS) is 14.6. The van der Waals surface area contributed by atoms with Crippen LogP contribution in [0.2, 0.25) is 0 Å². The molecule has 4 aromatic rings. The number of benzene rings is 2. The summed E-state index contributed by atoms with van der Waals surface area (Å²) in [4.78, 5) is 30.6. The summed E-state index contributed by atoms with van der Waals surface area (Å²) in [5.74, 6) is -0.208. The van der Waals surface area contributed by atoms with Crippen LogP contribution in [0, 0.1) is 0 Å². The van der Waals surface area contributed by atoms with Crippen LogP contribution in [-0.2, 0) is 0 Å². The Morgan fingerprint density at radius 2 is 1.58 bits per heavy atom. The Bertz CT molecular complexity index is 1270. The molecular formula is C26H25N3O2. The average Bonchev–Trinajstić information content (AvgIpc) is 3.29. The average molecular weight is 412 g/mol. The van der Waals surface area contributed by atoms with Crippen LogP contribution < -0.4 is 10.9 Å². The minimum atomic E-state index is -0.208. The third-order valence-electron chi connectivity index (χ3n) is 6.13. The summed E-state index contributed by atoms with van der Waals surface area (Å²) in [5, 5.41) is 3.96. The molecule has 0 radical (unpaired) electrons. The molecule has 0 bridgehead atoms. The van der Waals surface area contributed by atoms with E-state index in [0.29, 0.717) is 22.5 Å². The Morgan fingerprint density at radius 1 is 0.903 bits per heavy atom. The van der Waals surface area contributed by atoms with E-state index in [1.807, 2.05) is 66.7 Å². The Labute approximate surface area is 180 Å². The fourth-order valence-corrected chi connectivity index (χ4v) is 4.64. The predicted molar refractivity (Wildman–Crippen MR) is 124 cm³/mol. The maximum absolute atomic E-state index is 13.9. The Kier molecular flexibility index (Phi) is 5.16. The van der Waals surface area contributed by atoms with Crippen LogP contribution in [0.25, 0.3) is 27.7 Å². The fraction of sp³-hybridized carbons (Fsp3) is 0.231. The number of nitrogens with one attached hydrogen (secondary N) is 2. The number of pyridine rings is 1. The maximum Gasteiger partial charge on any atom is 0.270 e. The van der Waals surface area contributed by atoms with Gasteiger partial charge in [-0.15, -0.1) is 0 Å². The van der Waals surface area contributed by atoms with Crippen LogP contribution in [0.5, 0.6) is 0 Å². The van der Waals surface area contributed by atoms with Gasteiger partial charge in [-0.25, -0.2) is 0 Å². The molecule has 1 aliphatic rings. The van der Waals surface area contributed by atoms with Gasteiger partial charge in [0, 0.05) is 23.3 Å². The van der Waals surface area contributed by atoms with Crippen molar-refractivity contribution in [1.82, 2.24) is 14.9 Å². The van der Waals surface area contributed by atoms with Crippen LogP contribution in [0.1, 0.15) is 42.6 Å². The number of carbonyl (C=O) groups is 1. The number of aromatic amines is 1. The van der Waals surface area contributed by atoms with Crippen molar-refractivity contribution >= 4 is 16.8 Å². The second-order valence-corrected chi connectivity index (χ2v) is 8.14. The van der Waals surface area contributed by atoms with Crippen LogP contribution in [0.3, 0.4) is 0 Å². The molecule has 1 amide bonds. The number of hydrogen-bond donors (Lipinski definition) is 2. The van der Waals surface area contributed by atoms with Gasteiger partial charge in [0.15, 0.2) is 0 Å². The van der Waals surface area contributed by atoms with E-state index in [2.05, 4.69) is 10.3 Å². The monoisotopic (exact) mass is 411 g/mol. The van der Waals surface area contributed by atoms with E-state index in [1.165, 1.54) is 6.42 Å². The van der Waals surface area contributed by atoms with Crippen LogP contribution in [0.4, 0.5) is 0 Å². The van der Waals surface area contributed by atoms with Gasteiger partial charge in [0.2, 0.25) is 0 Å². The number of fused-ring (bicyclic) bond motifs is 1. The number of amides is 1. The maximum atomic E-state index is 13.9. The molecule has 2 N–H and O–H groups in total. The van der Waals surface area contributed by atoms with Crippen molar-refractivity contribution in [2.45, 2.75) is 38.1 Å². The molecule has 31 heavy (non-hydrogen) atoms. The molecule has 2 heterocycles. The van der Waals surface area contributed by atoms with E-state index >= 15 is 0 Å². The third-order valence-corrected chi connectivity index (χ3v) is 6.13. The molecule has 0 saturated heterocycles. The lowest BCUT2D eigenvalue weighted by Crippen LogP contribution is -2.39.